The lowest BCUT2D eigenvalue weighted by atomic mass is 10.2. The second-order valence-corrected chi connectivity index (χ2v) is 3.75. The zero-order valence-electron chi connectivity index (χ0n) is 7.70. The van der Waals surface area contributed by atoms with Crippen LogP contribution in [0.4, 0.5) is 0 Å². The van der Waals surface area contributed by atoms with Gasteiger partial charge in [-0.05, 0) is 18.4 Å². The molecule has 5 heteroatoms. The number of benzene rings is 1. The summed E-state index contributed by atoms with van der Waals surface area (Å²) in [6, 6.07) is 2.92. The molecule has 1 N–H and O–H groups in total. The molecule has 0 bridgehead atoms. The number of halogens is 1. The van der Waals surface area contributed by atoms with Crippen molar-refractivity contribution in [1.82, 2.24) is 0 Å². The van der Waals surface area contributed by atoms with Crippen LogP contribution in [0.5, 0.6) is 5.75 Å². The van der Waals surface area contributed by atoms with Crippen LogP contribution in [0.1, 0.15) is 10.4 Å². The Hall–Kier alpha value is -0.870. The fraction of sp³-hybridized carbons (Fsp3) is 0.222. The normalized spacial score (nSPS) is 9.93. The quantitative estimate of drug-likeness (QED) is 0.814. The zero-order chi connectivity index (χ0) is 10.7. The van der Waals surface area contributed by atoms with Crippen LogP contribution >= 0.6 is 23.4 Å². The fourth-order valence-electron chi connectivity index (χ4n) is 1.04. The monoisotopic (exact) mass is 232 g/mol. The minimum absolute atomic E-state index is 0.167. The maximum atomic E-state index is 10.7. The highest BCUT2D eigenvalue weighted by Crippen LogP contribution is 2.35. The summed E-state index contributed by atoms with van der Waals surface area (Å²) < 4.78 is 5.06. The molecule has 0 aromatic heterocycles. The van der Waals surface area contributed by atoms with Crippen molar-refractivity contribution < 1.29 is 14.6 Å². The summed E-state index contributed by atoms with van der Waals surface area (Å²) in [5, 5.41) is 9.10. The Morgan fingerprint density at radius 2 is 2.21 bits per heavy atom. The Bertz CT molecular complexity index is 365. The molecule has 0 aliphatic carbocycles. The van der Waals surface area contributed by atoms with Crippen LogP contribution < -0.4 is 4.74 Å². The van der Waals surface area contributed by atoms with E-state index in [0.29, 0.717) is 10.8 Å². The summed E-state index contributed by atoms with van der Waals surface area (Å²) in [7, 11) is 1.50. The first-order chi connectivity index (χ1) is 6.60. The Labute approximate surface area is 91.0 Å². The molecule has 0 aliphatic rings. The first-order valence-electron chi connectivity index (χ1n) is 3.75. The van der Waals surface area contributed by atoms with Gasteiger partial charge in [0.2, 0.25) is 0 Å². The first-order valence-corrected chi connectivity index (χ1v) is 5.35. The molecular formula is C9H9ClO3S. The highest BCUT2D eigenvalue weighted by Gasteiger charge is 2.12. The zero-order valence-corrected chi connectivity index (χ0v) is 9.28. The molecule has 0 fully saturated rings. The molecule has 76 valence electrons. The van der Waals surface area contributed by atoms with Gasteiger partial charge in [-0.3, -0.25) is 0 Å². The number of ether oxygens (including phenoxy) is 1. The first kappa shape index (κ1) is 11.2. The smallest absolute Gasteiger partial charge is 0.335 e. The lowest BCUT2D eigenvalue weighted by Gasteiger charge is -2.09. The maximum absolute atomic E-state index is 10.7. The number of carboxylic acids is 1. The van der Waals surface area contributed by atoms with E-state index in [2.05, 4.69) is 0 Å². The van der Waals surface area contributed by atoms with Crippen molar-refractivity contribution in [2.45, 2.75) is 4.90 Å². The van der Waals surface area contributed by atoms with Crippen LogP contribution in [0.25, 0.3) is 0 Å². The Morgan fingerprint density at radius 1 is 1.57 bits per heavy atom. The largest absolute Gasteiger partial charge is 0.494 e. The van der Waals surface area contributed by atoms with Crippen LogP contribution in [-0.2, 0) is 0 Å². The topological polar surface area (TPSA) is 46.5 Å². The third-order valence-electron chi connectivity index (χ3n) is 1.68. The SMILES string of the molecule is COc1c(Cl)cc(C(=O)O)cc1SC. The molecule has 0 unspecified atom stereocenters. The van der Waals surface area contributed by atoms with Gasteiger partial charge in [0.1, 0.15) is 0 Å². The van der Waals surface area contributed by atoms with E-state index in [1.807, 2.05) is 6.26 Å². The predicted molar refractivity (Wildman–Crippen MR) is 56.7 cm³/mol. The third kappa shape index (κ3) is 2.13. The molecule has 0 radical (unpaired) electrons. The van der Waals surface area contributed by atoms with Gasteiger partial charge in [0, 0.05) is 0 Å². The highest BCUT2D eigenvalue weighted by molar-refractivity contribution is 7.98. The Balaban J connectivity index is 3.31. The number of methoxy groups -OCH3 is 1. The van der Waals surface area contributed by atoms with Gasteiger partial charge in [0.15, 0.2) is 5.75 Å². The standard InChI is InChI=1S/C9H9ClO3S/c1-13-8-6(10)3-5(9(11)12)4-7(8)14-2/h3-4H,1-2H3,(H,11,12). The second-order valence-electron chi connectivity index (χ2n) is 2.50. The van der Waals surface area contributed by atoms with Crippen LogP contribution in [-0.4, -0.2) is 24.4 Å². The average molecular weight is 233 g/mol. The minimum Gasteiger partial charge on any atom is -0.494 e. The number of thioether (sulfide) groups is 1. The van der Waals surface area contributed by atoms with Crippen molar-refractivity contribution in [2.24, 2.45) is 0 Å². The van der Waals surface area contributed by atoms with Crippen molar-refractivity contribution in [2.75, 3.05) is 13.4 Å². The van der Waals surface area contributed by atoms with E-state index in [4.69, 9.17) is 21.4 Å². The fourth-order valence-corrected chi connectivity index (χ4v) is 2.02. The van der Waals surface area contributed by atoms with E-state index in [9.17, 15) is 4.79 Å². The lowest BCUT2D eigenvalue weighted by Crippen LogP contribution is -1.98. The van der Waals surface area contributed by atoms with Crippen molar-refractivity contribution in [1.29, 1.82) is 0 Å². The molecular weight excluding hydrogens is 224 g/mol. The third-order valence-corrected chi connectivity index (χ3v) is 2.70. The van der Waals surface area contributed by atoms with Crippen molar-refractivity contribution in [3.8, 4) is 5.75 Å². The van der Waals surface area contributed by atoms with E-state index < -0.39 is 5.97 Å². The van der Waals surface area contributed by atoms with Gasteiger partial charge < -0.3 is 9.84 Å². The summed E-state index contributed by atoms with van der Waals surface area (Å²) in [5.74, 6) is -0.478. The summed E-state index contributed by atoms with van der Waals surface area (Å²) in [6.45, 7) is 0. The van der Waals surface area contributed by atoms with E-state index in [0.717, 1.165) is 4.90 Å². The van der Waals surface area contributed by atoms with Crippen LogP contribution in [0.3, 0.4) is 0 Å². The number of hydrogen-bond donors (Lipinski definition) is 1. The molecule has 1 rings (SSSR count). The van der Waals surface area contributed by atoms with Gasteiger partial charge >= 0.3 is 5.97 Å². The van der Waals surface area contributed by atoms with Gasteiger partial charge in [-0.25, -0.2) is 4.79 Å². The van der Waals surface area contributed by atoms with Gasteiger partial charge in [-0.15, -0.1) is 11.8 Å². The second kappa shape index (κ2) is 4.57. The van der Waals surface area contributed by atoms with Crippen molar-refractivity contribution in [3.63, 3.8) is 0 Å². The molecule has 0 amide bonds. The van der Waals surface area contributed by atoms with Crippen molar-refractivity contribution >= 4 is 29.3 Å². The van der Waals surface area contributed by atoms with E-state index in [-0.39, 0.29) is 5.56 Å². The summed E-state index contributed by atoms with van der Waals surface area (Å²) in [4.78, 5) is 11.4. The molecule has 0 saturated heterocycles. The van der Waals surface area contributed by atoms with E-state index >= 15 is 0 Å². The molecule has 14 heavy (non-hydrogen) atoms. The lowest BCUT2D eigenvalue weighted by molar-refractivity contribution is 0.0696. The van der Waals surface area contributed by atoms with Gasteiger partial charge in [0.05, 0.1) is 22.6 Å². The molecule has 0 aliphatic heterocycles. The maximum Gasteiger partial charge on any atom is 0.335 e. The number of aromatic carboxylic acids is 1. The van der Waals surface area contributed by atoms with E-state index in [1.54, 1.807) is 0 Å². The van der Waals surface area contributed by atoms with Crippen LogP contribution in [0, 0.1) is 0 Å². The molecule has 3 nitrogen and oxygen atoms in total. The molecule has 0 saturated carbocycles. The number of hydrogen-bond acceptors (Lipinski definition) is 3. The van der Waals surface area contributed by atoms with E-state index in [1.165, 1.54) is 31.0 Å². The molecule has 1 aromatic rings. The van der Waals surface area contributed by atoms with Crippen molar-refractivity contribution in [3.05, 3.63) is 22.7 Å². The summed E-state index contributed by atoms with van der Waals surface area (Å²) >= 11 is 7.25. The number of carboxylic acid groups (broad SMARTS) is 1. The summed E-state index contributed by atoms with van der Waals surface area (Å²) in [6.07, 6.45) is 1.83. The number of carbonyl (C=O) groups is 1. The van der Waals surface area contributed by atoms with Crippen LogP contribution in [0.2, 0.25) is 5.02 Å². The molecule has 1 aromatic carbocycles. The predicted octanol–water partition coefficient (Wildman–Crippen LogP) is 2.77. The van der Waals surface area contributed by atoms with Gasteiger partial charge in [-0.1, -0.05) is 11.6 Å². The molecule has 0 atom stereocenters. The van der Waals surface area contributed by atoms with Crippen LogP contribution in [0.15, 0.2) is 17.0 Å². The summed E-state index contributed by atoms with van der Waals surface area (Å²) in [5.41, 5.74) is 0.167. The average Bonchev–Trinajstić information content (AvgIpc) is 2.16. The molecule has 0 heterocycles. The Kier molecular flexibility index (Phi) is 3.66. The molecule has 0 spiro atoms. The van der Waals surface area contributed by atoms with Gasteiger partial charge in [-0.2, -0.15) is 0 Å². The highest BCUT2D eigenvalue weighted by atomic mass is 35.5. The number of rotatable bonds is 3. The van der Waals surface area contributed by atoms with Gasteiger partial charge in [0.25, 0.3) is 0 Å². The Morgan fingerprint density at radius 3 is 2.64 bits per heavy atom. The minimum atomic E-state index is -0.996.